The van der Waals surface area contributed by atoms with Crippen LogP contribution in [0.3, 0.4) is 0 Å². The van der Waals surface area contributed by atoms with Gasteiger partial charge in [0.15, 0.2) is 0 Å². The summed E-state index contributed by atoms with van der Waals surface area (Å²) in [5, 5.41) is 6.06. The number of aryl methyl sites for hydroxylation is 1. The maximum Gasteiger partial charge on any atom is 0.391 e. The molecule has 31 heavy (non-hydrogen) atoms. The molecule has 2 aliphatic rings. The molecule has 2 saturated carbocycles. The Hall–Kier alpha value is -1.93. The fourth-order valence-corrected chi connectivity index (χ4v) is 4.59. The molecule has 3 rings (SSSR count). The molecule has 0 heterocycles. The predicted molar refractivity (Wildman–Crippen MR) is 106 cm³/mol. The molecule has 0 bridgehead atoms. The largest absolute Gasteiger partial charge is 0.391 e. The Morgan fingerprint density at radius 2 is 1.29 bits per heavy atom. The molecule has 9 heteroatoms. The summed E-state index contributed by atoms with van der Waals surface area (Å²) in [6.45, 7) is 1.82. The van der Waals surface area contributed by atoms with Crippen molar-refractivity contribution in [2.75, 3.05) is 5.32 Å². The van der Waals surface area contributed by atoms with Crippen LogP contribution in [0, 0.1) is 18.8 Å². The van der Waals surface area contributed by atoms with E-state index in [9.17, 15) is 31.1 Å². The molecule has 1 aromatic rings. The van der Waals surface area contributed by atoms with Gasteiger partial charge in [0, 0.05) is 17.8 Å². The summed E-state index contributed by atoms with van der Waals surface area (Å²) in [5.74, 6) is -2.97. The minimum absolute atomic E-state index is 0.00415. The van der Waals surface area contributed by atoms with Crippen molar-refractivity contribution in [1.29, 1.82) is 0 Å². The molecule has 2 fully saturated rings. The third kappa shape index (κ3) is 6.29. The number of anilines is 1. The van der Waals surface area contributed by atoms with Gasteiger partial charge in [-0.25, -0.2) is 0 Å². The number of carbonyl (C=O) groups excluding carboxylic acids is 1. The summed E-state index contributed by atoms with van der Waals surface area (Å²) in [5.41, 5.74) is 1.76. The summed E-state index contributed by atoms with van der Waals surface area (Å²) in [6.07, 6.45) is -7.02. The number of alkyl halides is 6. The van der Waals surface area contributed by atoms with Gasteiger partial charge in [-0.3, -0.25) is 4.79 Å². The van der Waals surface area contributed by atoms with Gasteiger partial charge < -0.3 is 10.6 Å². The van der Waals surface area contributed by atoms with Crippen LogP contribution in [0.2, 0.25) is 0 Å². The van der Waals surface area contributed by atoms with Crippen LogP contribution in [0.4, 0.5) is 32.0 Å². The van der Waals surface area contributed by atoms with Crippen LogP contribution < -0.4 is 10.6 Å². The monoisotopic (exact) mass is 450 g/mol. The molecule has 174 valence electrons. The van der Waals surface area contributed by atoms with E-state index in [0.717, 1.165) is 5.56 Å². The zero-order valence-electron chi connectivity index (χ0n) is 17.4. The fraction of sp³-hybridized carbons (Fsp3) is 0.682. The molecular formula is C22H28F6N2O. The highest BCUT2D eigenvalue weighted by molar-refractivity contribution is 6.00. The van der Waals surface area contributed by atoms with E-state index in [4.69, 9.17) is 0 Å². The van der Waals surface area contributed by atoms with E-state index in [1.54, 1.807) is 12.1 Å². The number of rotatable bonds is 4. The summed E-state index contributed by atoms with van der Waals surface area (Å²) in [4.78, 5) is 12.9. The van der Waals surface area contributed by atoms with Crippen molar-refractivity contribution >= 4 is 11.6 Å². The maximum absolute atomic E-state index is 12.9. The Balaban J connectivity index is 1.61. The van der Waals surface area contributed by atoms with Gasteiger partial charge in [0.2, 0.25) is 0 Å². The van der Waals surface area contributed by atoms with Crippen molar-refractivity contribution in [3.8, 4) is 0 Å². The van der Waals surface area contributed by atoms with E-state index in [2.05, 4.69) is 10.6 Å². The number of amides is 1. The number of benzene rings is 1. The van der Waals surface area contributed by atoms with Crippen LogP contribution in [0.5, 0.6) is 0 Å². The third-order valence-corrected chi connectivity index (χ3v) is 6.49. The lowest BCUT2D eigenvalue weighted by Gasteiger charge is -2.32. The topological polar surface area (TPSA) is 41.1 Å². The number of nitrogens with one attached hydrogen (secondary N) is 2. The SMILES string of the molecule is Cc1ccc(N[C@H]2CC[C@H](C(F)(F)F)CC2)c(C(=O)N[C@H]2CC[C@H](C(F)(F)F)CC2)c1. The summed E-state index contributed by atoms with van der Waals surface area (Å²) in [7, 11) is 0. The minimum Gasteiger partial charge on any atom is -0.382 e. The van der Waals surface area contributed by atoms with Crippen LogP contribution in [0.25, 0.3) is 0 Å². The van der Waals surface area contributed by atoms with Gasteiger partial charge in [-0.1, -0.05) is 11.6 Å². The van der Waals surface area contributed by atoms with Gasteiger partial charge in [-0.05, 0) is 70.4 Å². The molecule has 0 aromatic heterocycles. The molecule has 0 aliphatic heterocycles. The summed E-state index contributed by atoms with van der Waals surface area (Å²) >= 11 is 0. The van der Waals surface area contributed by atoms with Crippen LogP contribution >= 0.6 is 0 Å². The molecule has 0 radical (unpaired) electrons. The van der Waals surface area contributed by atoms with Crippen molar-refractivity contribution < 1.29 is 31.1 Å². The smallest absolute Gasteiger partial charge is 0.382 e. The van der Waals surface area contributed by atoms with Gasteiger partial charge in [0.05, 0.1) is 17.4 Å². The van der Waals surface area contributed by atoms with E-state index >= 15 is 0 Å². The Bertz CT molecular complexity index is 760. The van der Waals surface area contributed by atoms with Crippen LogP contribution in [-0.4, -0.2) is 30.3 Å². The van der Waals surface area contributed by atoms with Crippen LogP contribution in [0.15, 0.2) is 18.2 Å². The quantitative estimate of drug-likeness (QED) is 0.523. The maximum atomic E-state index is 12.9. The first kappa shape index (κ1) is 23.7. The lowest BCUT2D eigenvalue weighted by atomic mass is 9.85. The molecule has 1 amide bonds. The molecule has 3 nitrogen and oxygen atoms in total. The highest BCUT2D eigenvalue weighted by Crippen LogP contribution is 2.39. The molecule has 0 unspecified atom stereocenters. The van der Waals surface area contributed by atoms with Crippen molar-refractivity contribution in [3.05, 3.63) is 29.3 Å². The molecular weight excluding hydrogens is 422 g/mol. The van der Waals surface area contributed by atoms with Crippen molar-refractivity contribution in [3.63, 3.8) is 0 Å². The third-order valence-electron chi connectivity index (χ3n) is 6.49. The first-order chi connectivity index (χ1) is 14.4. The van der Waals surface area contributed by atoms with E-state index in [1.807, 2.05) is 13.0 Å². The van der Waals surface area contributed by atoms with E-state index in [1.165, 1.54) is 0 Å². The molecule has 0 saturated heterocycles. The second kappa shape index (κ2) is 9.28. The normalized spacial score (nSPS) is 27.6. The Morgan fingerprint density at radius 1 is 0.806 bits per heavy atom. The minimum atomic E-state index is -4.20. The second-order valence-electron chi connectivity index (χ2n) is 8.85. The standard InChI is InChI=1S/C22H28F6N2O/c1-13-2-11-19(29-16-7-3-14(4-8-16)21(23,24)25)18(12-13)20(31)30-17-9-5-15(6-10-17)22(26,27)28/h2,11-12,14-17,29H,3-10H2,1H3,(H,30,31)/t14-,15-,16-,17-. The van der Waals surface area contributed by atoms with Gasteiger partial charge in [-0.15, -0.1) is 0 Å². The van der Waals surface area contributed by atoms with Gasteiger partial charge in [0.25, 0.3) is 5.91 Å². The van der Waals surface area contributed by atoms with Crippen molar-refractivity contribution in [1.82, 2.24) is 5.32 Å². The van der Waals surface area contributed by atoms with Crippen molar-refractivity contribution in [2.24, 2.45) is 11.8 Å². The van der Waals surface area contributed by atoms with Gasteiger partial charge in [0.1, 0.15) is 0 Å². The Morgan fingerprint density at radius 3 is 1.77 bits per heavy atom. The summed E-state index contributed by atoms with van der Waals surface area (Å²) < 4.78 is 77.2. The number of hydrogen-bond donors (Lipinski definition) is 2. The number of carbonyl (C=O) groups is 1. The van der Waals surface area contributed by atoms with E-state index in [-0.39, 0.29) is 56.5 Å². The first-order valence-electron chi connectivity index (χ1n) is 10.7. The predicted octanol–water partition coefficient (Wildman–Crippen LogP) is 6.38. The Labute approximate surface area is 178 Å². The van der Waals surface area contributed by atoms with E-state index in [0.29, 0.717) is 24.1 Å². The van der Waals surface area contributed by atoms with Crippen LogP contribution in [0.1, 0.15) is 67.3 Å². The summed E-state index contributed by atoms with van der Waals surface area (Å²) in [6, 6.07) is 4.77. The zero-order valence-corrected chi connectivity index (χ0v) is 17.4. The molecule has 2 N–H and O–H groups in total. The van der Waals surface area contributed by atoms with Crippen molar-refractivity contribution in [2.45, 2.75) is 82.7 Å². The molecule has 1 aromatic carbocycles. The average Bonchev–Trinajstić information content (AvgIpc) is 2.69. The van der Waals surface area contributed by atoms with E-state index < -0.39 is 24.2 Å². The highest BCUT2D eigenvalue weighted by Gasteiger charge is 2.42. The lowest BCUT2D eigenvalue weighted by molar-refractivity contribution is -0.183. The Kier molecular flexibility index (Phi) is 7.11. The first-order valence-corrected chi connectivity index (χ1v) is 10.7. The molecule has 2 aliphatic carbocycles. The van der Waals surface area contributed by atoms with Gasteiger partial charge in [-0.2, -0.15) is 26.3 Å². The highest BCUT2D eigenvalue weighted by atomic mass is 19.4. The zero-order chi connectivity index (χ0) is 22.8. The second-order valence-corrected chi connectivity index (χ2v) is 8.85. The van der Waals surface area contributed by atoms with Gasteiger partial charge >= 0.3 is 12.4 Å². The number of halogens is 6. The lowest BCUT2D eigenvalue weighted by Crippen LogP contribution is -2.40. The fourth-order valence-electron chi connectivity index (χ4n) is 4.59. The number of hydrogen-bond acceptors (Lipinski definition) is 2. The average molecular weight is 450 g/mol. The van der Waals surface area contributed by atoms with Crippen LogP contribution in [-0.2, 0) is 0 Å². The molecule has 0 spiro atoms. The molecule has 0 atom stereocenters.